The summed E-state index contributed by atoms with van der Waals surface area (Å²) in [5.41, 5.74) is -0.0313. The second-order valence-electron chi connectivity index (χ2n) is 8.60. The van der Waals surface area contributed by atoms with E-state index in [9.17, 15) is 33.0 Å². The fourth-order valence-corrected chi connectivity index (χ4v) is 6.66. The number of amides is 2. The van der Waals surface area contributed by atoms with Gasteiger partial charge in [0.2, 0.25) is 21.8 Å². The van der Waals surface area contributed by atoms with Crippen molar-refractivity contribution in [3.63, 3.8) is 0 Å². The summed E-state index contributed by atoms with van der Waals surface area (Å²) >= 11 is 1.35. The first-order chi connectivity index (χ1) is 14.9. The van der Waals surface area contributed by atoms with Crippen molar-refractivity contribution in [3.8, 4) is 0 Å². The highest BCUT2D eigenvalue weighted by atomic mass is 32.2. The van der Waals surface area contributed by atoms with Gasteiger partial charge in [-0.3, -0.25) is 9.59 Å². The number of hydrogen-bond donors (Lipinski definition) is 4. The molecule has 4 N–H and O–H groups in total. The second kappa shape index (κ2) is 9.29. The molecule has 13 heteroatoms. The third kappa shape index (κ3) is 4.53. The SMILES string of the molecule is C[C@@H](O)[C@H]1C(=O)N2C(C(=O)O)=C(S[C@@H]3CN[C@H](C(=O)NCCS(=O)(=O)N(C)C)C3)[C@H](C)[C@H]12. The van der Waals surface area contributed by atoms with E-state index in [0.29, 0.717) is 17.9 Å². The Morgan fingerprint density at radius 1 is 1.38 bits per heavy atom. The molecule has 0 radical (unpaired) electrons. The van der Waals surface area contributed by atoms with Gasteiger partial charge in [-0.25, -0.2) is 17.5 Å². The third-order valence-electron chi connectivity index (χ3n) is 6.23. The number of nitrogens with one attached hydrogen (secondary N) is 2. The van der Waals surface area contributed by atoms with Gasteiger partial charge in [-0.2, -0.15) is 0 Å². The zero-order chi connectivity index (χ0) is 24.0. The molecule has 2 fully saturated rings. The number of aliphatic hydroxyl groups excluding tert-OH is 1. The number of β-lactam (4-membered cyclic amide) rings is 1. The molecule has 0 unspecified atom stereocenters. The number of carboxylic acids is 1. The number of hydrogen-bond acceptors (Lipinski definition) is 8. The Morgan fingerprint density at radius 2 is 2.03 bits per heavy atom. The quantitative estimate of drug-likeness (QED) is 0.286. The van der Waals surface area contributed by atoms with E-state index in [1.807, 2.05) is 6.92 Å². The number of aliphatic carboxylic acids is 1. The van der Waals surface area contributed by atoms with E-state index in [4.69, 9.17) is 0 Å². The number of fused-ring (bicyclic) bond motifs is 1. The number of carboxylic acid groups (broad SMARTS) is 1. The first-order valence-electron chi connectivity index (χ1n) is 10.4. The molecule has 0 spiro atoms. The highest BCUT2D eigenvalue weighted by molar-refractivity contribution is 8.03. The lowest BCUT2D eigenvalue weighted by atomic mass is 9.79. The van der Waals surface area contributed by atoms with Crippen LogP contribution in [0.25, 0.3) is 0 Å². The average Bonchev–Trinajstić information content (AvgIpc) is 3.24. The van der Waals surface area contributed by atoms with E-state index >= 15 is 0 Å². The molecule has 3 aliphatic rings. The van der Waals surface area contributed by atoms with Gasteiger partial charge in [0.05, 0.1) is 29.9 Å². The average molecular weight is 491 g/mol. The summed E-state index contributed by atoms with van der Waals surface area (Å²) in [5.74, 6) is -2.90. The van der Waals surface area contributed by atoms with Crippen molar-refractivity contribution in [1.82, 2.24) is 19.8 Å². The summed E-state index contributed by atoms with van der Waals surface area (Å²) in [6.07, 6.45) is -0.415. The fraction of sp³-hybridized carbons (Fsp3) is 0.737. The van der Waals surface area contributed by atoms with Crippen molar-refractivity contribution in [2.45, 2.75) is 43.7 Å². The van der Waals surface area contributed by atoms with Crippen LogP contribution >= 0.6 is 11.8 Å². The lowest BCUT2D eigenvalue weighted by molar-refractivity contribution is -0.163. The number of rotatable bonds is 9. The molecule has 3 rings (SSSR count). The monoisotopic (exact) mass is 490 g/mol. The number of carbonyl (C=O) groups excluding carboxylic acids is 2. The van der Waals surface area contributed by atoms with E-state index < -0.39 is 34.1 Å². The molecule has 0 aromatic carbocycles. The maximum Gasteiger partial charge on any atom is 0.353 e. The zero-order valence-corrected chi connectivity index (χ0v) is 20.1. The molecule has 6 atom stereocenters. The molecule has 0 aromatic heterocycles. The van der Waals surface area contributed by atoms with Crippen molar-refractivity contribution >= 4 is 39.6 Å². The normalized spacial score (nSPS) is 31.0. The number of thioether (sulfide) groups is 1. The van der Waals surface area contributed by atoms with Crippen LogP contribution in [-0.4, -0.2) is 102 Å². The smallest absolute Gasteiger partial charge is 0.353 e. The van der Waals surface area contributed by atoms with Crippen LogP contribution in [0.15, 0.2) is 10.6 Å². The van der Waals surface area contributed by atoms with Crippen LogP contribution in [-0.2, 0) is 24.4 Å². The van der Waals surface area contributed by atoms with Gasteiger partial charge in [0, 0.05) is 43.3 Å². The maximum absolute atomic E-state index is 12.4. The van der Waals surface area contributed by atoms with Crippen LogP contribution in [0, 0.1) is 11.8 Å². The molecule has 2 amide bonds. The molecule has 3 heterocycles. The van der Waals surface area contributed by atoms with Gasteiger partial charge >= 0.3 is 5.97 Å². The van der Waals surface area contributed by atoms with Crippen LogP contribution < -0.4 is 10.6 Å². The summed E-state index contributed by atoms with van der Waals surface area (Å²) in [6.45, 7) is 3.86. The van der Waals surface area contributed by atoms with Crippen LogP contribution in [0.4, 0.5) is 0 Å². The van der Waals surface area contributed by atoms with Crippen LogP contribution in [0.3, 0.4) is 0 Å². The van der Waals surface area contributed by atoms with E-state index in [-0.39, 0.29) is 47.0 Å². The molecule has 11 nitrogen and oxygen atoms in total. The van der Waals surface area contributed by atoms with Crippen molar-refractivity contribution in [3.05, 3.63) is 10.6 Å². The highest BCUT2D eigenvalue weighted by Gasteiger charge is 2.60. The topological polar surface area (TPSA) is 156 Å². The van der Waals surface area contributed by atoms with Crippen molar-refractivity contribution in [2.24, 2.45) is 11.8 Å². The third-order valence-corrected chi connectivity index (χ3v) is 9.57. The minimum Gasteiger partial charge on any atom is -0.477 e. The minimum absolute atomic E-state index is 0.000168. The summed E-state index contributed by atoms with van der Waals surface area (Å²) in [5, 5.41) is 25.3. The predicted octanol–water partition coefficient (Wildman–Crippen LogP) is -1.39. The first kappa shape index (κ1) is 25.0. The number of aliphatic hydroxyl groups is 1. The van der Waals surface area contributed by atoms with Crippen LogP contribution in [0.1, 0.15) is 20.3 Å². The Labute approximate surface area is 191 Å². The maximum atomic E-state index is 12.4. The van der Waals surface area contributed by atoms with Crippen molar-refractivity contribution in [1.29, 1.82) is 0 Å². The van der Waals surface area contributed by atoms with E-state index in [2.05, 4.69) is 10.6 Å². The Morgan fingerprint density at radius 3 is 2.59 bits per heavy atom. The van der Waals surface area contributed by atoms with Gasteiger partial charge in [-0.15, -0.1) is 11.8 Å². The second-order valence-corrected chi connectivity index (χ2v) is 12.2. The molecule has 180 valence electrons. The van der Waals surface area contributed by atoms with Crippen LogP contribution in [0.2, 0.25) is 0 Å². The fourth-order valence-electron chi connectivity index (χ4n) is 4.46. The van der Waals surface area contributed by atoms with Gasteiger partial charge in [-0.05, 0) is 13.3 Å². The summed E-state index contributed by atoms with van der Waals surface area (Å²) in [7, 11) is -0.538. The number of nitrogens with zero attached hydrogens (tertiary/aromatic N) is 2. The zero-order valence-electron chi connectivity index (χ0n) is 18.4. The Kier molecular flexibility index (Phi) is 7.25. The molecule has 3 aliphatic heterocycles. The molecule has 0 aromatic rings. The van der Waals surface area contributed by atoms with Crippen molar-refractivity contribution < 1.29 is 33.0 Å². The lowest BCUT2D eigenvalue weighted by Gasteiger charge is -2.46. The largest absolute Gasteiger partial charge is 0.477 e. The van der Waals surface area contributed by atoms with Gasteiger partial charge < -0.3 is 25.7 Å². The molecular weight excluding hydrogens is 460 g/mol. The van der Waals surface area contributed by atoms with E-state index in [0.717, 1.165) is 4.31 Å². The molecular formula is C19H30N4O7S2. The highest BCUT2D eigenvalue weighted by Crippen LogP contribution is 2.51. The van der Waals surface area contributed by atoms with Gasteiger partial charge in [0.15, 0.2) is 0 Å². The Hall–Kier alpha value is -1.67. The Balaban J connectivity index is 1.61. The number of sulfonamides is 1. The van der Waals surface area contributed by atoms with Crippen LogP contribution in [0.5, 0.6) is 0 Å². The molecule has 32 heavy (non-hydrogen) atoms. The summed E-state index contributed by atoms with van der Waals surface area (Å²) < 4.78 is 24.7. The van der Waals surface area contributed by atoms with Gasteiger partial charge in [0.1, 0.15) is 5.70 Å². The standard InChI is InChI=1S/C19H30N4O7S2/c1-9-14-13(10(2)24)18(26)23(14)15(19(27)28)16(9)31-11-7-12(21-8-11)17(25)20-5-6-32(29,30)22(3)4/h9-14,21,24H,5-8H2,1-4H3,(H,20,25)(H,27,28)/t9-,10-,11+,12+,13-,14-/m1/s1. The van der Waals surface area contributed by atoms with Gasteiger partial charge in [0.25, 0.3) is 0 Å². The molecule has 0 aliphatic carbocycles. The van der Waals surface area contributed by atoms with E-state index in [1.165, 1.54) is 37.7 Å². The minimum atomic E-state index is -3.40. The predicted molar refractivity (Wildman–Crippen MR) is 118 cm³/mol. The van der Waals surface area contributed by atoms with E-state index in [1.54, 1.807) is 0 Å². The van der Waals surface area contributed by atoms with Crippen molar-refractivity contribution in [2.75, 3.05) is 32.9 Å². The lowest BCUT2D eigenvalue weighted by Crippen LogP contribution is -2.63. The summed E-state index contributed by atoms with van der Waals surface area (Å²) in [4.78, 5) is 38.6. The first-order valence-corrected chi connectivity index (χ1v) is 12.9. The molecule has 2 saturated heterocycles. The molecule has 0 bridgehead atoms. The molecule has 0 saturated carbocycles. The Bertz CT molecular complexity index is 934. The summed E-state index contributed by atoms with van der Waals surface area (Å²) in [6, 6.07) is -0.882. The number of carbonyl (C=O) groups is 3. The van der Waals surface area contributed by atoms with Gasteiger partial charge in [-0.1, -0.05) is 6.92 Å².